The van der Waals surface area contributed by atoms with Crippen molar-refractivity contribution >= 4 is 11.7 Å². The van der Waals surface area contributed by atoms with Crippen LogP contribution in [0.3, 0.4) is 0 Å². The van der Waals surface area contributed by atoms with Gasteiger partial charge in [0.2, 0.25) is 0 Å². The van der Waals surface area contributed by atoms with Crippen molar-refractivity contribution < 1.29 is 4.79 Å². The fourth-order valence-corrected chi connectivity index (χ4v) is 4.08. The van der Waals surface area contributed by atoms with Crippen LogP contribution in [0.25, 0.3) is 11.1 Å². The van der Waals surface area contributed by atoms with E-state index in [2.05, 4.69) is 29.2 Å². The van der Waals surface area contributed by atoms with Gasteiger partial charge in [0.15, 0.2) is 0 Å². The van der Waals surface area contributed by atoms with E-state index < -0.39 is 0 Å². The molecule has 0 spiro atoms. The second-order valence-corrected chi connectivity index (χ2v) is 7.84. The molecule has 1 amide bonds. The Morgan fingerprint density at radius 3 is 2.59 bits per heavy atom. The highest BCUT2D eigenvalue weighted by atomic mass is 16.2. The van der Waals surface area contributed by atoms with Crippen molar-refractivity contribution in [2.45, 2.75) is 18.8 Å². The minimum absolute atomic E-state index is 0.121. The molecule has 0 N–H and O–H groups in total. The largest absolute Gasteiger partial charge is 0.363 e. The summed E-state index contributed by atoms with van der Waals surface area (Å²) in [6, 6.07) is 22.3. The number of hydrogen-bond donors (Lipinski definition) is 0. The van der Waals surface area contributed by atoms with Crippen LogP contribution in [0.1, 0.15) is 34.7 Å². The number of amides is 1. The van der Waals surface area contributed by atoms with Gasteiger partial charge in [0, 0.05) is 44.9 Å². The minimum atomic E-state index is 0.121. The van der Waals surface area contributed by atoms with Crippen LogP contribution >= 0.6 is 0 Å². The van der Waals surface area contributed by atoms with Crippen LogP contribution in [-0.4, -0.2) is 43.0 Å². The zero-order valence-electron chi connectivity index (χ0n) is 17.1. The van der Waals surface area contributed by atoms with E-state index in [4.69, 9.17) is 0 Å². The van der Waals surface area contributed by atoms with Crippen LogP contribution in [0.4, 0.5) is 5.82 Å². The number of piperidine rings is 1. The lowest BCUT2D eigenvalue weighted by Crippen LogP contribution is -2.39. The standard InChI is InChI=1S/C25H27N3O/c1-27(2)24-17-20(14-15-26-24)21-11-8-16-28(18-21)25(29)23-13-7-6-12-22(23)19-9-4-3-5-10-19/h3-7,9-10,12-15,17,21H,8,11,16,18H2,1-2H3/t21-/m0/s1. The van der Waals surface area contributed by atoms with E-state index in [1.807, 2.05) is 72.6 Å². The molecule has 29 heavy (non-hydrogen) atoms. The molecule has 1 aliphatic rings. The Morgan fingerprint density at radius 1 is 1.03 bits per heavy atom. The molecule has 0 aliphatic carbocycles. The first-order valence-electron chi connectivity index (χ1n) is 10.2. The Hall–Kier alpha value is -3.14. The van der Waals surface area contributed by atoms with Crippen LogP contribution in [0, 0.1) is 0 Å². The molecule has 0 radical (unpaired) electrons. The van der Waals surface area contributed by atoms with E-state index in [9.17, 15) is 4.79 Å². The average Bonchev–Trinajstić information content (AvgIpc) is 2.79. The van der Waals surface area contributed by atoms with Crippen molar-refractivity contribution in [3.8, 4) is 11.1 Å². The van der Waals surface area contributed by atoms with E-state index in [0.717, 1.165) is 48.4 Å². The number of rotatable bonds is 4. The van der Waals surface area contributed by atoms with E-state index >= 15 is 0 Å². The summed E-state index contributed by atoms with van der Waals surface area (Å²) < 4.78 is 0. The van der Waals surface area contributed by atoms with Gasteiger partial charge in [0.05, 0.1) is 0 Å². The highest BCUT2D eigenvalue weighted by molar-refractivity contribution is 6.01. The number of carbonyl (C=O) groups excluding carboxylic acids is 1. The highest BCUT2D eigenvalue weighted by Crippen LogP contribution is 2.31. The van der Waals surface area contributed by atoms with Gasteiger partial charge in [-0.05, 0) is 47.7 Å². The van der Waals surface area contributed by atoms with Crippen LogP contribution in [-0.2, 0) is 0 Å². The first-order valence-corrected chi connectivity index (χ1v) is 10.2. The number of anilines is 1. The zero-order chi connectivity index (χ0) is 20.2. The smallest absolute Gasteiger partial charge is 0.254 e. The van der Waals surface area contributed by atoms with E-state index in [0.29, 0.717) is 5.92 Å². The molecule has 148 valence electrons. The summed E-state index contributed by atoms with van der Waals surface area (Å²) in [7, 11) is 4.01. The molecule has 2 heterocycles. The van der Waals surface area contributed by atoms with Crippen molar-refractivity contribution in [1.29, 1.82) is 0 Å². The van der Waals surface area contributed by atoms with Crippen molar-refractivity contribution in [3.05, 3.63) is 84.1 Å². The number of nitrogens with zero attached hydrogens (tertiary/aromatic N) is 3. The summed E-state index contributed by atoms with van der Waals surface area (Å²) >= 11 is 0. The Bertz CT molecular complexity index is 984. The predicted octanol–water partition coefficient (Wildman–Crippen LogP) is 4.83. The predicted molar refractivity (Wildman–Crippen MR) is 118 cm³/mol. The van der Waals surface area contributed by atoms with Gasteiger partial charge in [-0.1, -0.05) is 48.5 Å². The summed E-state index contributed by atoms with van der Waals surface area (Å²) in [4.78, 5) is 21.9. The SMILES string of the molecule is CN(C)c1cc([C@H]2CCCN(C(=O)c3ccccc3-c3ccccc3)C2)ccn1. The summed E-state index contributed by atoms with van der Waals surface area (Å²) in [6.45, 7) is 1.56. The normalized spacial score (nSPS) is 16.5. The average molecular weight is 386 g/mol. The maximum absolute atomic E-state index is 13.5. The third-order valence-corrected chi connectivity index (χ3v) is 5.65. The Balaban J connectivity index is 1.58. The molecule has 0 unspecified atom stereocenters. The monoisotopic (exact) mass is 385 g/mol. The lowest BCUT2D eigenvalue weighted by Gasteiger charge is -2.33. The number of aromatic nitrogens is 1. The first kappa shape index (κ1) is 19.2. The van der Waals surface area contributed by atoms with Gasteiger partial charge in [-0.3, -0.25) is 4.79 Å². The van der Waals surface area contributed by atoms with Gasteiger partial charge in [-0.2, -0.15) is 0 Å². The summed E-state index contributed by atoms with van der Waals surface area (Å²) in [6.07, 6.45) is 3.99. The maximum Gasteiger partial charge on any atom is 0.254 e. The molecular weight excluding hydrogens is 358 g/mol. The van der Waals surface area contributed by atoms with Crippen LogP contribution in [0.5, 0.6) is 0 Å². The molecule has 0 bridgehead atoms. The fraction of sp³-hybridized carbons (Fsp3) is 0.280. The molecule has 1 saturated heterocycles. The number of hydrogen-bond acceptors (Lipinski definition) is 3. The van der Waals surface area contributed by atoms with Gasteiger partial charge in [0.1, 0.15) is 5.82 Å². The Morgan fingerprint density at radius 2 is 1.79 bits per heavy atom. The Labute approximate surface area is 172 Å². The van der Waals surface area contributed by atoms with Crippen molar-refractivity contribution in [1.82, 2.24) is 9.88 Å². The van der Waals surface area contributed by atoms with Crippen LogP contribution in [0.15, 0.2) is 72.9 Å². The maximum atomic E-state index is 13.5. The second-order valence-electron chi connectivity index (χ2n) is 7.84. The van der Waals surface area contributed by atoms with Gasteiger partial charge in [0.25, 0.3) is 5.91 Å². The van der Waals surface area contributed by atoms with Crippen LogP contribution < -0.4 is 4.90 Å². The van der Waals surface area contributed by atoms with Crippen molar-refractivity contribution in [2.24, 2.45) is 0 Å². The number of carbonyl (C=O) groups is 1. The molecule has 4 nitrogen and oxygen atoms in total. The van der Waals surface area contributed by atoms with Crippen molar-refractivity contribution in [3.63, 3.8) is 0 Å². The molecule has 2 aromatic carbocycles. The molecule has 3 aromatic rings. The quantitative estimate of drug-likeness (QED) is 0.645. The van der Waals surface area contributed by atoms with Gasteiger partial charge in [-0.15, -0.1) is 0 Å². The van der Waals surface area contributed by atoms with Gasteiger partial charge < -0.3 is 9.80 Å². The third-order valence-electron chi connectivity index (χ3n) is 5.65. The molecule has 1 aromatic heterocycles. The summed E-state index contributed by atoms with van der Waals surface area (Å²) in [5.41, 5.74) is 4.12. The minimum Gasteiger partial charge on any atom is -0.363 e. The molecule has 1 fully saturated rings. The van der Waals surface area contributed by atoms with Crippen molar-refractivity contribution in [2.75, 3.05) is 32.1 Å². The third kappa shape index (κ3) is 4.16. The molecule has 0 saturated carbocycles. The molecule has 4 heteroatoms. The molecule has 1 atom stereocenters. The first-order chi connectivity index (χ1) is 14.1. The lowest BCUT2D eigenvalue weighted by atomic mass is 9.90. The number of pyridine rings is 1. The summed E-state index contributed by atoms with van der Waals surface area (Å²) in [5.74, 6) is 1.43. The second kappa shape index (κ2) is 8.48. The lowest BCUT2D eigenvalue weighted by molar-refractivity contribution is 0.0708. The van der Waals surface area contributed by atoms with Gasteiger partial charge in [-0.25, -0.2) is 4.98 Å². The van der Waals surface area contributed by atoms with Gasteiger partial charge >= 0.3 is 0 Å². The summed E-state index contributed by atoms with van der Waals surface area (Å²) in [5, 5.41) is 0. The fourth-order valence-electron chi connectivity index (χ4n) is 4.08. The Kier molecular flexibility index (Phi) is 5.61. The van der Waals surface area contributed by atoms with E-state index in [1.54, 1.807) is 0 Å². The molecule has 4 rings (SSSR count). The number of likely N-dealkylation sites (tertiary alicyclic amines) is 1. The number of benzene rings is 2. The zero-order valence-corrected chi connectivity index (χ0v) is 17.1. The topological polar surface area (TPSA) is 36.4 Å². The van der Waals surface area contributed by atoms with E-state index in [-0.39, 0.29) is 5.91 Å². The highest BCUT2D eigenvalue weighted by Gasteiger charge is 2.27. The molecule has 1 aliphatic heterocycles. The van der Waals surface area contributed by atoms with E-state index in [1.165, 1.54) is 5.56 Å². The molecular formula is C25H27N3O. The van der Waals surface area contributed by atoms with Crippen LogP contribution in [0.2, 0.25) is 0 Å².